The van der Waals surface area contributed by atoms with E-state index in [4.69, 9.17) is 23.2 Å². The van der Waals surface area contributed by atoms with Crippen molar-refractivity contribution in [1.29, 1.82) is 0 Å². The zero-order valence-corrected chi connectivity index (χ0v) is 16.3. The third-order valence-corrected chi connectivity index (χ3v) is 5.16. The van der Waals surface area contributed by atoms with Gasteiger partial charge in [-0.3, -0.25) is 9.48 Å². The summed E-state index contributed by atoms with van der Waals surface area (Å²) in [7, 11) is 0. The Morgan fingerprint density at radius 2 is 2.04 bits per heavy atom. The van der Waals surface area contributed by atoms with Gasteiger partial charge in [0.05, 0.1) is 21.3 Å². The van der Waals surface area contributed by atoms with E-state index < -0.39 is 0 Å². The molecule has 0 atom stereocenters. The van der Waals surface area contributed by atoms with Gasteiger partial charge < -0.3 is 5.32 Å². The van der Waals surface area contributed by atoms with E-state index in [0.717, 1.165) is 24.1 Å². The largest absolute Gasteiger partial charge is 0.350 e. The molecule has 0 aliphatic heterocycles. The molecule has 1 aliphatic carbocycles. The summed E-state index contributed by atoms with van der Waals surface area (Å²) in [5, 5.41) is 8.73. The standard InChI is InChI=1S/C19H23Cl2N3O/c1-19(2,3)24-16(11-15(23-24)12-7-8-12)18(25)22-10-9-13-5-4-6-14(20)17(13)21/h4-6,11-12H,7-10H2,1-3H3,(H,22,25). The minimum absolute atomic E-state index is 0.104. The average Bonchev–Trinajstić information content (AvgIpc) is 3.28. The van der Waals surface area contributed by atoms with Gasteiger partial charge in [0.15, 0.2) is 0 Å². The number of carbonyl (C=O) groups is 1. The van der Waals surface area contributed by atoms with Gasteiger partial charge in [0.25, 0.3) is 5.91 Å². The Hall–Kier alpha value is -1.52. The van der Waals surface area contributed by atoms with Crippen LogP contribution in [0.1, 0.15) is 61.3 Å². The predicted octanol–water partition coefficient (Wildman–Crippen LogP) is 4.79. The number of halogens is 2. The average molecular weight is 380 g/mol. The number of hydrogen-bond donors (Lipinski definition) is 1. The minimum atomic E-state index is -0.240. The van der Waals surface area contributed by atoms with Crippen molar-refractivity contribution in [3.8, 4) is 0 Å². The van der Waals surface area contributed by atoms with Crippen molar-refractivity contribution in [3.63, 3.8) is 0 Å². The van der Waals surface area contributed by atoms with Crippen LogP contribution < -0.4 is 5.32 Å². The monoisotopic (exact) mass is 379 g/mol. The Morgan fingerprint density at radius 1 is 1.32 bits per heavy atom. The maximum absolute atomic E-state index is 12.7. The van der Waals surface area contributed by atoms with Crippen LogP contribution in [0.2, 0.25) is 10.0 Å². The molecule has 1 fully saturated rings. The Morgan fingerprint density at radius 3 is 2.68 bits per heavy atom. The summed E-state index contributed by atoms with van der Waals surface area (Å²) >= 11 is 12.2. The Balaban J connectivity index is 1.70. The highest BCUT2D eigenvalue weighted by atomic mass is 35.5. The molecule has 134 valence electrons. The maximum Gasteiger partial charge on any atom is 0.269 e. The smallest absolute Gasteiger partial charge is 0.269 e. The van der Waals surface area contributed by atoms with Crippen LogP contribution in [-0.2, 0) is 12.0 Å². The fourth-order valence-electron chi connectivity index (χ4n) is 2.79. The van der Waals surface area contributed by atoms with Gasteiger partial charge in [-0.05, 0) is 57.7 Å². The van der Waals surface area contributed by atoms with Crippen molar-refractivity contribution in [1.82, 2.24) is 15.1 Å². The van der Waals surface area contributed by atoms with E-state index in [1.165, 1.54) is 0 Å². The lowest BCUT2D eigenvalue weighted by Gasteiger charge is -2.22. The van der Waals surface area contributed by atoms with E-state index in [1.54, 1.807) is 6.07 Å². The number of benzene rings is 1. The van der Waals surface area contributed by atoms with Crippen molar-refractivity contribution in [3.05, 3.63) is 51.3 Å². The molecule has 0 bridgehead atoms. The van der Waals surface area contributed by atoms with E-state index in [-0.39, 0.29) is 11.4 Å². The number of hydrogen-bond acceptors (Lipinski definition) is 2. The first-order valence-electron chi connectivity index (χ1n) is 8.59. The van der Waals surface area contributed by atoms with Crippen molar-refractivity contribution in [2.24, 2.45) is 0 Å². The van der Waals surface area contributed by atoms with Gasteiger partial charge in [0, 0.05) is 12.5 Å². The van der Waals surface area contributed by atoms with Crippen LogP contribution in [0.3, 0.4) is 0 Å². The lowest BCUT2D eigenvalue weighted by Crippen LogP contribution is -2.33. The summed E-state index contributed by atoms with van der Waals surface area (Å²) in [5.74, 6) is 0.410. The number of carbonyl (C=O) groups excluding carboxylic acids is 1. The minimum Gasteiger partial charge on any atom is -0.350 e. The van der Waals surface area contributed by atoms with Crippen LogP contribution in [0, 0.1) is 0 Å². The fraction of sp³-hybridized carbons (Fsp3) is 0.474. The number of amides is 1. The lowest BCUT2D eigenvalue weighted by atomic mass is 10.1. The molecule has 1 saturated carbocycles. The van der Waals surface area contributed by atoms with E-state index in [9.17, 15) is 4.79 Å². The molecule has 1 aliphatic rings. The predicted molar refractivity (Wildman–Crippen MR) is 102 cm³/mol. The lowest BCUT2D eigenvalue weighted by molar-refractivity contribution is 0.0935. The molecule has 0 unspecified atom stereocenters. The maximum atomic E-state index is 12.7. The van der Waals surface area contributed by atoms with Crippen LogP contribution in [-0.4, -0.2) is 22.2 Å². The molecule has 2 aromatic rings. The molecule has 4 nitrogen and oxygen atoms in total. The van der Waals surface area contributed by atoms with Crippen molar-refractivity contribution in [2.75, 3.05) is 6.54 Å². The third kappa shape index (κ3) is 4.18. The molecule has 1 amide bonds. The van der Waals surface area contributed by atoms with Gasteiger partial charge in [0.1, 0.15) is 5.69 Å². The molecule has 1 aromatic carbocycles. The van der Waals surface area contributed by atoms with Gasteiger partial charge in [-0.1, -0.05) is 35.3 Å². The molecule has 0 spiro atoms. The topological polar surface area (TPSA) is 46.9 Å². The molecular weight excluding hydrogens is 357 g/mol. The SMILES string of the molecule is CC(C)(C)n1nc(C2CC2)cc1C(=O)NCCc1cccc(Cl)c1Cl. The zero-order chi connectivity index (χ0) is 18.2. The van der Waals surface area contributed by atoms with Gasteiger partial charge in [-0.2, -0.15) is 5.10 Å². The van der Waals surface area contributed by atoms with Crippen LogP contribution in [0.5, 0.6) is 0 Å². The van der Waals surface area contributed by atoms with Gasteiger partial charge >= 0.3 is 0 Å². The molecule has 0 saturated heterocycles. The van der Waals surface area contributed by atoms with Gasteiger partial charge in [-0.25, -0.2) is 0 Å². The number of aromatic nitrogens is 2. The van der Waals surface area contributed by atoms with E-state index in [0.29, 0.717) is 34.6 Å². The van der Waals surface area contributed by atoms with Crippen molar-refractivity contribution >= 4 is 29.1 Å². The van der Waals surface area contributed by atoms with E-state index in [1.807, 2.05) is 22.9 Å². The molecule has 6 heteroatoms. The summed E-state index contributed by atoms with van der Waals surface area (Å²) < 4.78 is 1.84. The molecular formula is C19H23Cl2N3O. The van der Waals surface area contributed by atoms with Crippen LogP contribution in [0.4, 0.5) is 0 Å². The highest BCUT2D eigenvalue weighted by Gasteiger charge is 2.31. The van der Waals surface area contributed by atoms with Gasteiger partial charge in [0.2, 0.25) is 0 Å². The Labute approximate surface area is 158 Å². The first-order chi connectivity index (χ1) is 11.8. The first kappa shape index (κ1) is 18.3. The summed E-state index contributed by atoms with van der Waals surface area (Å²) in [4.78, 5) is 12.7. The molecule has 1 heterocycles. The Bertz CT molecular complexity index is 788. The Kier molecular flexibility index (Phi) is 5.12. The number of nitrogens with one attached hydrogen (secondary N) is 1. The summed E-state index contributed by atoms with van der Waals surface area (Å²) in [6.07, 6.45) is 2.95. The zero-order valence-electron chi connectivity index (χ0n) is 14.8. The van der Waals surface area contributed by atoms with Crippen molar-refractivity contribution in [2.45, 2.75) is 51.5 Å². The van der Waals surface area contributed by atoms with Crippen molar-refractivity contribution < 1.29 is 4.79 Å². The second-order valence-electron chi connectivity index (χ2n) is 7.53. The van der Waals surface area contributed by atoms with E-state index >= 15 is 0 Å². The quantitative estimate of drug-likeness (QED) is 0.810. The highest BCUT2D eigenvalue weighted by Crippen LogP contribution is 2.40. The fourth-order valence-corrected chi connectivity index (χ4v) is 3.21. The molecule has 3 rings (SSSR count). The highest BCUT2D eigenvalue weighted by molar-refractivity contribution is 6.42. The molecule has 0 radical (unpaired) electrons. The number of rotatable bonds is 5. The molecule has 1 aromatic heterocycles. The first-order valence-corrected chi connectivity index (χ1v) is 9.34. The van der Waals surface area contributed by atoms with Crippen LogP contribution in [0.15, 0.2) is 24.3 Å². The third-order valence-electron chi connectivity index (χ3n) is 4.30. The summed E-state index contributed by atoms with van der Waals surface area (Å²) in [5.41, 5.74) is 2.33. The second kappa shape index (κ2) is 7.00. The normalized spacial score (nSPS) is 14.6. The van der Waals surface area contributed by atoms with Gasteiger partial charge in [-0.15, -0.1) is 0 Å². The van der Waals surface area contributed by atoms with Crippen LogP contribution >= 0.6 is 23.2 Å². The molecule has 25 heavy (non-hydrogen) atoms. The number of nitrogens with zero attached hydrogens (tertiary/aromatic N) is 2. The summed E-state index contributed by atoms with van der Waals surface area (Å²) in [6.45, 7) is 6.66. The molecule has 1 N–H and O–H groups in total. The second-order valence-corrected chi connectivity index (χ2v) is 8.32. The van der Waals surface area contributed by atoms with E-state index in [2.05, 4.69) is 31.2 Å². The van der Waals surface area contributed by atoms with Crippen LogP contribution in [0.25, 0.3) is 0 Å². The summed E-state index contributed by atoms with van der Waals surface area (Å²) in [6, 6.07) is 7.48.